The van der Waals surface area contributed by atoms with E-state index in [0.29, 0.717) is 24.0 Å². The van der Waals surface area contributed by atoms with Gasteiger partial charge in [0.2, 0.25) is 5.78 Å². The van der Waals surface area contributed by atoms with Crippen LogP contribution in [0.5, 0.6) is 5.75 Å². The number of nitrogens with two attached hydrogens (primary N) is 1. The molecule has 1 unspecified atom stereocenters. The Balaban J connectivity index is 1.90. The van der Waals surface area contributed by atoms with E-state index in [1.165, 1.54) is 25.9 Å². The summed E-state index contributed by atoms with van der Waals surface area (Å²) in [5.74, 6) is -9.63. The second-order valence-corrected chi connectivity index (χ2v) is 12.3. The van der Waals surface area contributed by atoms with Gasteiger partial charge >= 0.3 is 5.97 Å². The molecule has 6 atom stereocenters. The van der Waals surface area contributed by atoms with Crippen molar-refractivity contribution in [2.24, 2.45) is 17.6 Å². The molecule has 0 aliphatic heterocycles. The summed E-state index contributed by atoms with van der Waals surface area (Å²) in [6, 6.07) is 1.97. The first-order valence-electron chi connectivity index (χ1n) is 13.7. The molecule has 0 saturated heterocycles. The molecule has 3 aliphatic carbocycles. The number of Topliss-reactive ketones (excluding diaryl/α,β-unsaturated/α-hetero) is 2. The third-order valence-corrected chi connectivity index (χ3v) is 9.11. The van der Waals surface area contributed by atoms with E-state index >= 15 is 0 Å². The fourth-order valence-corrected chi connectivity index (χ4v) is 7.03. The van der Waals surface area contributed by atoms with E-state index in [0.717, 1.165) is 0 Å². The fourth-order valence-electron chi connectivity index (χ4n) is 7.03. The van der Waals surface area contributed by atoms with E-state index in [2.05, 4.69) is 0 Å². The van der Waals surface area contributed by atoms with Gasteiger partial charge < -0.3 is 36.0 Å². The van der Waals surface area contributed by atoms with Gasteiger partial charge in [-0.15, -0.1) is 0 Å². The number of phenolic OH excluding ortho intramolecular Hbond substituents is 1. The summed E-state index contributed by atoms with van der Waals surface area (Å²) in [4.78, 5) is 52.0. The normalized spacial score (nSPS) is 29.3. The van der Waals surface area contributed by atoms with Crippen LogP contribution in [0.3, 0.4) is 0 Å². The molecule has 1 aromatic rings. The first kappa shape index (κ1) is 31.2. The van der Waals surface area contributed by atoms with Crippen molar-refractivity contribution in [3.8, 4) is 5.75 Å². The number of esters is 1. The lowest BCUT2D eigenvalue weighted by Gasteiger charge is -2.53. The number of amides is 1. The number of aromatic hydroxyl groups is 1. The minimum Gasteiger partial charge on any atom is -0.508 e. The van der Waals surface area contributed by atoms with Crippen LogP contribution < -0.4 is 5.73 Å². The number of carbonyl (C=O) groups excluding carboxylic acids is 4. The van der Waals surface area contributed by atoms with E-state index < -0.39 is 87.0 Å². The van der Waals surface area contributed by atoms with Crippen molar-refractivity contribution in [2.75, 3.05) is 20.7 Å². The van der Waals surface area contributed by atoms with Crippen LogP contribution in [0.2, 0.25) is 0 Å². The molecule has 0 aromatic heterocycles. The molecule has 0 bridgehead atoms. The van der Waals surface area contributed by atoms with E-state index in [1.807, 2.05) is 13.8 Å². The lowest BCUT2D eigenvalue weighted by atomic mass is 9.54. The zero-order valence-corrected chi connectivity index (χ0v) is 24.5. The maximum atomic E-state index is 14.1. The Morgan fingerprint density at radius 2 is 1.76 bits per heavy atom. The average molecular weight is 587 g/mol. The molecule has 12 heteroatoms. The molecule has 0 heterocycles. The maximum absolute atomic E-state index is 14.1. The van der Waals surface area contributed by atoms with Crippen LogP contribution in [0.15, 0.2) is 29.0 Å². The standard InChI is InChI=1S/C30H38N2O10/c1-12-14-8-9-15(29(3,4)10-7-11-42-13(2)33)22(34)17(14)23(35)18-16(12)24(36)20-21(32(5)6)25(37)19(28(31)40)27(39)30(20,41)26(18)38/h8-9,12,16,20-21,24,34-36,39,41H,7,10-11H2,1-6H3,(H2,31,40)/t12-,16+,20+,21?,24-,30-/m0/s1. The summed E-state index contributed by atoms with van der Waals surface area (Å²) in [6.45, 7) is 6.90. The highest BCUT2D eigenvalue weighted by Crippen LogP contribution is 2.57. The molecular formula is C30H38N2O10. The summed E-state index contributed by atoms with van der Waals surface area (Å²) in [5.41, 5.74) is 1.13. The van der Waals surface area contributed by atoms with Gasteiger partial charge in [-0.2, -0.15) is 0 Å². The number of ketones is 2. The quantitative estimate of drug-likeness (QED) is 0.151. The number of hydrogen-bond donors (Lipinski definition) is 6. The minimum absolute atomic E-state index is 0.0587. The third-order valence-electron chi connectivity index (χ3n) is 9.11. The Bertz CT molecular complexity index is 1440. The molecule has 42 heavy (non-hydrogen) atoms. The van der Waals surface area contributed by atoms with Crippen molar-refractivity contribution in [1.29, 1.82) is 0 Å². The monoisotopic (exact) mass is 586 g/mol. The average Bonchev–Trinajstić information content (AvgIpc) is 2.88. The molecule has 7 N–H and O–H groups in total. The SMILES string of the molecule is CC(=O)OCCCC(C)(C)c1ccc2c(c1O)C(O)=C1C(=O)[C@]3(O)C(O)=C(C(N)=O)C(=O)C(N(C)C)[C@@H]3[C@@H](O)[C@@H]1[C@H]2C. The summed E-state index contributed by atoms with van der Waals surface area (Å²) >= 11 is 0. The van der Waals surface area contributed by atoms with Crippen LogP contribution in [0, 0.1) is 11.8 Å². The predicted octanol–water partition coefficient (Wildman–Crippen LogP) is 1.12. The van der Waals surface area contributed by atoms with Gasteiger partial charge in [0.05, 0.1) is 30.2 Å². The zero-order chi connectivity index (χ0) is 31.6. The number of nitrogens with zero attached hydrogens (tertiary/aromatic N) is 1. The second kappa shape index (κ2) is 10.5. The van der Waals surface area contributed by atoms with Crippen molar-refractivity contribution < 1.29 is 49.4 Å². The first-order chi connectivity index (χ1) is 19.4. The highest BCUT2D eigenvalue weighted by Gasteiger charge is 2.68. The number of likely N-dealkylation sites (N-methyl/N-ethyl adjacent to an activating group) is 1. The van der Waals surface area contributed by atoms with Crippen molar-refractivity contribution in [3.05, 3.63) is 45.7 Å². The lowest BCUT2D eigenvalue weighted by molar-refractivity contribution is -0.169. The number of benzene rings is 1. The van der Waals surface area contributed by atoms with Crippen LogP contribution in [0.4, 0.5) is 0 Å². The molecular weight excluding hydrogens is 548 g/mol. The second-order valence-electron chi connectivity index (χ2n) is 12.3. The van der Waals surface area contributed by atoms with E-state index in [4.69, 9.17) is 10.5 Å². The Morgan fingerprint density at radius 1 is 1.14 bits per heavy atom. The zero-order valence-electron chi connectivity index (χ0n) is 24.5. The van der Waals surface area contributed by atoms with Gasteiger partial charge in [0.15, 0.2) is 11.4 Å². The number of aliphatic hydroxyl groups is 4. The van der Waals surface area contributed by atoms with Crippen molar-refractivity contribution in [3.63, 3.8) is 0 Å². The third kappa shape index (κ3) is 4.40. The van der Waals surface area contributed by atoms with Gasteiger partial charge in [0, 0.05) is 24.0 Å². The van der Waals surface area contributed by atoms with E-state index in [1.54, 1.807) is 19.1 Å². The van der Waals surface area contributed by atoms with Gasteiger partial charge in [0.25, 0.3) is 5.91 Å². The topological polar surface area (TPSA) is 208 Å². The molecule has 1 saturated carbocycles. The Hall–Kier alpha value is -3.74. The smallest absolute Gasteiger partial charge is 0.302 e. The van der Waals surface area contributed by atoms with Crippen LogP contribution in [0.25, 0.3) is 5.76 Å². The highest BCUT2D eigenvalue weighted by atomic mass is 16.5. The number of phenols is 1. The fraction of sp³-hybridized carbons (Fsp3) is 0.533. The van der Waals surface area contributed by atoms with Gasteiger partial charge in [-0.3, -0.25) is 24.1 Å². The summed E-state index contributed by atoms with van der Waals surface area (Å²) in [5, 5.41) is 57.5. The summed E-state index contributed by atoms with van der Waals surface area (Å²) in [6.07, 6.45) is -0.663. The Labute approximate surface area is 243 Å². The molecule has 12 nitrogen and oxygen atoms in total. The number of hydrogen-bond acceptors (Lipinski definition) is 11. The van der Waals surface area contributed by atoms with E-state index in [-0.39, 0.29) is 17.9 Å². The molecule has 228 valence electrons. The van der Waals surface area contributed by atoms with Gasteiger partial charge in [0.1, 0.15) is 22.8 Å². The highest BCUT2D eigenvalue weighted by molar-refractivity contribution is 6.24. The predicted molar refractivity (Wildman–Crippen MR) is 149 cm³/mol. The Kier molecular flexibility index (Phi) is 7.81. The first-order valence-corrected chi connectivity index (χ1v) is 13.7. The van der Waals surface area contributed by atoms with Gasteiger partial charge in [-0.05, 0) is 43.8 Å². The van der Waals surface area contributed by atoms with Crippen LogP contribution in [-0.4, -0.2) is 92.3 Å². The molecule has 0 radical (unpaired) electrons. The number of fused-ring (bicyclic) bond motifs is 3. The molecule has 0 spiro atoms. The number of rotatable bonds is 7. The molecule has 3 aliphatic rings. The largest absolute Gasteiger partial charge is 0.508 e. The molecule has 1 aromatic carbocycles. The molecule has 1 amide bonds. The van der Waals surface area contributed by atoms with Gasteiger partial charge in [-0.1, -0.05) is 32.9 Å². The lowest BCUT2D eigenvalue weighted by Crippen LogP contribution is -2.70. The molecule has 1 fully saturated rings. The van der Waals surface area contributed by atoms with Crippen LogP contribution in [0.1, 0.15) is 63.1 Å². The van der Waals surface area contributed by atoms with E-state index in [9.17, 15) is 44.7 Å². The van der Waals surface area contributed by atoms with Gasteiger partial charge in [-0.25, -0.2) is 0 Å². The summed E-state index contributed by atoms with van der Waals surface area (Å²) < 4.78 is 5.01. The number of carbonyl (C=O) groups is 4. The number of ether oxygens (including phenoxy) is 1. The van der Waals surface area contributed by atoms with Crippen LogP contribution in [-0.2, 0) is 29.3 Å². The Morgan fingerprint density at radius 3 is 2.31 bits per heavy atom. The number of primary amides is 1. The maximum Gasteiger partial charge on any atom is 0.302 e. The van der Waals surface area contributed by atoms with Crippen molar-refractivity contribution >= 4 is 29.2 Å². The molecule has 4 rings (SSSR count). The van der Waals surface area contributed by atoms with Crippen LogP contribution >= 0.6 is 0 Å². The number of aliphatic hydroxyl groups excluding tert-OH is 3. The van der Waals surface area contributed by atoms with Crippen molar-refractivity contribution in [1.82, 2.24) is 4.90 Å². The minimum atomic E-state index is -2.97. The van der Waals surface area contributed by atoms with Crippen molar-refractivity contribution in [2.45, 2.75) is 69.6 Å². The summed E-state index contributed by atoms with van der Waals surface area (Å²) in [7, 11) is 2.91.